The number of amides is 2. The molecular formula is C16H22N4O3. The fourth-order valence-electron chi connectivity index (χ4n) is 1.95. The van der Waals surface area contributed by atoms with Gasteiger partial charge < -0.3 is 20.4 Å². The van der Waals surface area contributed by atoms with Gasteiger partial charge in [-0.25, -0.2) is 9.78 Å². The van der Waals surface area contributed by atoms with Crippen LogP contribution in [0.3, 0.4) is 0 Å². The average Bonchev–Trinajstić information content (AvgIpc) is 2.86. The van der Waals surface area contributed by atoms with Gasteiger partial charge in [-0.15, -0.1) is 0 Å². The van der Waals surface area contributed by atoms with Crippen LogP contribution >= 0.6 is 0 Å². The Morgan fingerprint density at radius 1 is 1.22 bits per heavy atom. The highest BCUT2D eigenvalue weighted by molar-refractivity contribution is 5.77. The molecule has 0 saturated carbocycles. The molecular weight excluding hydrogens is 296 g/mol. The Kier molecular flexibility index (Phi) is 5.20. The number of nitrogens with one attached hydrogen (secondary N) is 3. The molecule has 0 fully saturated rings. The standard InChI is InChI=1S/C16H22N4O3/c1-16(2,3)23-15(22)17-9-8-14(21)18-10-13-19-11-6-4-5-7-12(11)20-13/h4-7H,8-10H2,1-3H3,(H,17,22)(H,18,21)(H,19,20). The van der Waals surface area contributed by atoms with E-state index in [9.17, 15) is 9.59 Å². The van der Waals surface area contributed by atoms with Crippen LogP contribution in [0.5, 0.6) is 0 Å². The molecule has 2 rings (SSSR count). The van der Waals surface area contributed by atoms with Gasteiger partial charge >= 0.3 is 6.09 Å². The molecule has 0 saturated heterocycles. The summed E-state index contributed by atoms with van der Waals surface area (Å²) in [5.41, 5.74) is 1.25. The van der Waals surface area contributed by atoms with E-state index in [0.717, 1.165) is 11.0 Å². The number of hydrogen-bond donors (Lipinski definition) is 3. The fourth-order valence-corrected chi connectivity index (χ4v) is 1.95. The maximum absolute atomic E-state index is 11.8. The van der Waals surface area contributed by atoms with E-state index in [4.69, 9.17) is 4.74 Å². The zero-order valence-corrected chi connectivity index (χ0v) is 13.6. The molecule has 0 radical (unpaired) electrons. The highest BCUT2D eigenvalue weighted by Gasteiger charge is 2.15. The Balaban J connectivity index is 1.70. The SMILES string of the molecule is CC(C)(C)OC(=O)NCCC(=O)NCc1nc2ccccc2[nH]1. The van der Waals surface area contributed by atoms with Crippen LogP contribution in [-0.4, -0.2) is 34.1 Å². The van der Waals surface area contributed by atoms with Gasteiger partial charge in [0.05, 0.1) is 17.6 Å². The number of imidazole rings is 1. The van der Waals surface area contributed by atoms with Crippen molar-refractivity contribution in [3.63, 3.8) is 0 Å². The molecule has 23 heavy (non-hydrogen) atoms. The number of ether oxygens (including phenoxy) is 1. The lowest BCUT2D eigenvalue weighted by molar-refractivity contribution is -0.121. The number of hydrogen-bond acceptors (Lipinski definition) is 4. The number of nitrogens with zero attached hydrogens (tertiary/aromatic N) is 1. The smallest absolute Gasteiger partial charge is 0.407 e. The van der Waals surface area contributed by atoms with Crippen molar-refractivity contribution in [3.8, 4) is 0 Å². The zero-order valence-electron chi connectivity index (χ0n) is 13.6. The fraction of sp³-hybridized carbons (Fsp3) is 0.438. The van der Waals surface area contributed by atoms with Gasteiger partial charge in [0.2, 0.25) is 5.91 Å². The molecule has 0 aliphatic rings. The maximum atomic E-state index is 11.8. The number of benzene rings is 1. The Morgan fingerprint density at radius 3 is 2.65 bits per heavy atom. The third kappa shape index (κ3) is 5.61. The summed E-state index contributed by atoms with van der Waals surface area (Å²) in [5, 5.41) is 5.30. The molecule has 2 aromatic rings. The predicted molar refractivity (Wildman–Crippen MR) is 86.8 cm³/mol. The summed E-state index contributed by atoms with van der Waals surface area (Å²) >= 11 is 0. The molecule has 0 aliphatic heterocycles. The van der Waals surface area contributed by atoms with Crippen molar-refractivity contribution in [3.05, 3.63) is 30.1 Å². The number of H-pyrrole nitrogens is 1. The molecule has 1 aromatic heterocycles. The second-order valence-corrected chi connectivity index (χ2v) is 6.16. The average molecular weight is 318 g/mol. The number of alkyl carbamates (subject to hydrolysis) is 1. The Labute approximate surface area is 134 Å². The molecule has 1 heterocycles. The highest BCUT2D eigenvalue weighted by atomic mass is 16.6. The first kappa shape index (κ1) is 16.8. The van der Waals surface area contributed by atoms with Crippen LogP contribution in [0.2, 0.25) is 0 Å². The number of para-hydroxylation sites is 2. The molecule has 0 bridgehead atoms. The third-order valence-electron chi connectivity index (χ3n) is 2.91. The van der Waals surface area contributed by atoms with Crippen LogP contribution in [0.1, 0.15) is 33.0 Å². The van der Waals surface area contributed by atoms with Crippen LogP contribution in [0.25, 0.3) is 11.0 Å². The van der Waals surface area contributed by atoms with Gasteiger partial charge in [-0.3, -0.25) is 4.79 Å². The van der Waals surface area contributed by atoms with E-state index in [1.165, 1.54) is 0 Å². The summed E-state index contributed by atoms with van der Waals surface area (Å²) in [6, 6.07) is 7.67. The van der Waals surface area contributed by atoms with E-state index in [-0.39, 0.29) is 18.9 Å². The van der Waals surface area contributed by atoms with Crippen LogP contribution < -0.4 is 10.6 Å². The molecule has 7 heteroatoms. The third-order valence-corrected chi connectivity index (χ3v) is 2.91. The van der Waals surface area contributed by atoms with Crippen LogP contribution in [0.4, 0.5) is 4.79 Å². The van der Waals surface area contributed by atoms with Gasteiger partial charge in [-0.2, -0.15) is 0 Å². The van der Waals surface area contributed by atoms with Crippen molar-refractivity contribution in [1.29, 1.82) is 0 Å². The van der Waals surface area contributed by atoms with Gasteiger partial charge in [0.25, 0.3) is 0 Å². The molecule has 1 aromatic carbocycles. The lowest BCUT2D eigenvalue weighted by Crippen LogP contribution is -2.35. The second kappa shape index (κ2) is 7.13. The zero-order chi connectivity index (χ0) is 16.9. The van der Waals surface area contributed by atoms with E-state index >= 15 is 0 Å². The van der Waals surface area contributed by atoms with E-state index in [1.807, 2.05) is 24.3 Å². The van der Waals surface area contributed by atoms with Gasteiger partial charge in [0.1, 0.15) is 11.4 Å². The maximum Gasteiger partial charge on any atom is 0.407 e. The second-order valence-electron chi connectivity index (χ2n) is 6.16. The Hall–Kier alpha value is -2.57. The molecule has 7 nitrogen and oxygen atoms in total. The lowest BCUT2D eigenvalue weighted by atomic mass is 10.2. The highest BCUT2D eigenvalue weighted by Crippen LogP contribution is 2.10. The number of rotatable bonds is 5. The van der Waals surface area contributed by atoms with Crippen molar-refractivity contribution in [2.24, 2.45) is 0 Å². The summed E-state index contributed by atoms with van der Waals surface area (Å²) < 4.78 is 5.09. The van der Waals surface area contributed by atoms with E-state index < -0.39 is 11.7 Å². The number of aromatic amines is 1. The van der Waals surface area contributed by atoms with Crippen molar-refractivity contribution in [1.82, 2.24) is 20.6 Å². The summed E-state index contributed by atoms with van der Waals surface area (Å²) in [6.45, 7) is 5.90. The number of carbonyl (C=O) groups is 2. The summed E-state index contributed by atoms with van der Waals surface area (Å²) in [7, 11) is 0. The minimum atomic E-state index is -0.548. The van der Waals surface area contributed by atoms with Crippen molar-refractivity contribution < 1.29 is 14.3 Å². The minimum Gasteiger partial charge on any atom is -0.444 e. The molecule has 124 valence electrons. The van der Waals surface area contributed by atoms with E-state index in [2.05, 4.69) is 20.6 Å². The normalized spacial score (nSPS) is 11.3. The van der Waals surface area contributed by atoms with Crippen LogP contribution in [0.15, 0.2) is 24.3 Å². The topological polar surface area (TPSA) is 96.1 Å². The summed E-state index contributed by atoms with van der Waals surface area (Å²) in [4.78, 5) is 30.7. The van der Waals surface area contributed by atoms with Crippen molar-refractivity contribution in [2.45, 2.75) is 39.3 Å². The van der Waals surface area contributed by atoms with Gasteiger partial charge in [-0.05, 0) is 32.9 Å². The van der Waals surface area contributed by atoms with Gasteiger partial charge in [0.15, 0.2) is 0 Å². The van der Waals surface area contributed by atoms with Crippen LogP contribution in [0, 0.1) is 0 Å². The van der Waals surface area contributed by atoms with E-state index in [1.54, 1.807) is 20.8 Å². The first-order valence-electron chi connectivity index (χ1n) is 7.51. The van der Waals surface area contributed by atoms with Crippen molar-refractivity contribution >= 4 is 23.0 Å². The Bertz CT molecular complexity index is 655. The van der Waals surface area contributed by atoms with Gasteiger partial charge in [0, 0.05) is 13.0 Å². The van der Waals surface area contributed by atoms with Gasteiger partial charge in [-0.1, -0.05) is 12.1 Å². The first-order valence-corrected chi connectivity index (χ1v) is 7.51. The lowest BCUT2D eigenvalue weighted by Gasteiger charge is -2.19. The summed E-state index contributed by atoms with van der Waals surface area (Å²) in [5.74, 6) is 0.529. The number of fused-ring (bicyclic) bond motifs is 1. The molecule has 0 spiro atoms. The molecule has 3 N–H and O–H groups in total. The monoisotopic (exact) mass is 318 g/mol. The quantitative estimate of drug-likeness (QED) is 0.786. The number of carbonyl (C=O) groups excluding carboxylic acids is 2. The first-order chi connectivity index (χ1) is 10.8. The molecule has 2 amide bonds. The molecule has 0 unspecified atom stereocenters. The minimum absolute atomic E-state index is 0.165. The molecule has 0 atom stereocenters. The number of aromatic nitrogens is 2. The van der Waals surface area contributed by atoms with Crippen LogP contribution in [-0.2, 0) is 16.1 Å². The largest absolute Gasteiger partial charge is 0.444 e. The van der Waals surface area contributed by atoms with Crippen molar-refractivity contribution in [2.75, 3.05) is 6.54 Å². The molecule has 0 aliphatic carbocycles. The Morgan fingerprint density at radius 2 is 1.96 bits per heavy atom. The summed E-state index contributed by atoms with van der Waals surface area (Å²) in [6.07, 6.45) is -0.345. The van der Waals surface area contributed by atoms with E-state index in [0.29, 0.717) is 12.4 Å². The predicted octanol–water partition coefficient (Wildman–Crippen LogP) is 2.09.